The van der Waals surface area contributed by atoms with Crippen molar-refractivity contribution in [2.24, 2.45) is 7.05 Å². The number of nitrogens with zero attached hydrogens (tertiary/aromatic N) is 4. The fourth-order valence-electron chi connectivity index (χ4n) is 1.20. The highest BCUT2D eigenvalue weighted by Crippen LogP contribution is 2.15. The average molecular weight is 212 g/mol. The molecule has 0 unspecified atom stereocenters. The first-order valence-electron chi connectivity index (χ1n) is 3.82. The van der Waals surface area contributed by atoms with Crippen molar-refractivity contribution in [2.45, 2.75) is 5.03 Å². The quantitative estimate of drug-likeness (QED) is 0.610. The van der Waals surface area contributed by atoms with Gasteiger partial charge in [-0.3, -0.25) is 0 Å². The molecule has 74 valence electrons. The van der Waals surface area contributed by atoms with Crippen LogP contribution in [0.3, 0.4) is 0 Å². The smallest absolute Gasteiger partial charge is 0.195 e. The van der Waals surface area contributed by atoms with Crippen LogP contribution in [0.2, 0.25) is 0 Å². The van der Waals surface area contributed by atoms with Crippen molar-refractivity contribution in [1.29, 1.82) is 0 Å². The molecule has 0 aliphatic heterocycles. The summed E-state index contributed by atoms with van der Waals surface area (Å²) in [6.07, 6.45) is 3.83. The van der Waals surface area contributed by atoms with E-state index in [1.807, 2.05) is 0 Å². The third kappa shape index (κ3) is 1.25. The van der Waals surface area contributed by atoms with E-state index < -0.39 is 9.84 Å². The van der Waals surface area contributed by atoms with Gasteiger partial charge >= 0.3 is 0 Å². The Labute approximate surface area is 80.5 Å². The Kier molecular flexibility index (Phi) is 1.78. The van der Waals surface area contributed by atoms with Crippen LogP contribution < -0.4 is 0 Å². The second-order valence-corrected chi connectivity index (χ2v) is 4.91. The monoisotopic (exact) mass is 212 g/mol. The number of rotatable bonds is 1. The van der Waals surface area contributed by atoms with Crippen molar-refractivity contribution < 1.29 is 8.42 Å². The molecule has 0 N–H and O–H groups in total. The number of hydrogen-bond acceptors (Lipinski definition) is 5. The summed E-state index contributed by atoms with van der Waals surface area (Å²) in [5.74, 6) is 0. The van der Waals surface area contributed by atoms with Gasteiger partial charge in [0.25, 0.3) is 0 Å². The molecule has 6 nitrogen and oxygen atoms in total. The van der Waals surface area contributed by atoms with Crippen LogP contribution in [-0.2, 0) is 16.9 Å². The summed E-state index contributed by atoms with van der Waals surface area (Å²) in [5.41, 5.74) is 0.831. The number of sulfone groups is 1. The van der Waals surface area contributed by atoms with Crippen molar-refractivity contribution in [3.8, 4) is 0 Å². The van der Waals surface area contributed by atoms with Crippen molar-refractivity contribution in [3.05, 3.63) is 12.7 Å². The Bertz CT molecular complexity index is 587. The molecule has 0 radical (unpaired) electrons. The molecule has 0 saturated carbocycles. The van der Waals surface area contributed by atoms with Gasteiger partial charge in [0.05, 0.1) is 6.33 Å². The average Bonchev–Trinajstić information content (AvgIpc) is 2.46. The molecule has 2 aromatic rings. The van der Waals surface area contributed by atoms with Crippen LogP contribution in [0, 0.1) is 0 Å². The van der Waals surface area contributed by atoms with Gasteiger partial charge < -0.3 is 4.57 Å². The van der Waals surface area contributed by atoms with Crippen LogP contribution in [0.1, 0.15) is 0 Å². The number of imidazole rings is 1. The van der Waals surface area contributed by atoms with E-state index in [9.17, 15) is 8.42 Å². The first-order valence-corrected chi connectivity index (χ1v) is 5.71. The fraction of sp³-hybridized carbons (Fsp3) is 0.286. The zero-order valence-corrected chi connectivity index (χ0v) is 8.48. The van der Waals surface area contributed by atoms with Gasteiger partial charge in [-0.15, -0.1) is 0 Å². The van der Waals surface area contributed by atoms with Crippen LogP contribution >= 0.6 is 0 Å². The van der Waals surface area contributed by atoms with Gasteiger partial charge in [0.15, 0.2) is 20.5 Å². The Hall–Kier alpha value is -1.50. The minimum Gasteiger partial charge on any atom is -0.318 e. The van der Waals surface area contributed by atoms with Crippen LogP contribution in [0.25, 0.3) is 11.2 Å². The number of aromatic nitrogens is 4. The minimum atomic E-state index is -3.34. The Morgan fingerprint density at radius 3 is 2.64 bits per heavy atom. The van der Waals surface area contributed by atoms with Crippen LogP contribution in [0.5, 0.6) is 0 Å². The summed E-state index contributed by atoms with van der Waals surface area (Å²) < 4.78 is 24.3. The lowest BCUT2D eigenvalue weighted by Crippen LogP contribution is -2.02. The van der Waals surface area contributed by atoms with E-state index in [2.05, 4.69) is 15.0 Å². The van der Waals surface area contributed by atoms with Gasteiger partial charge in [0, 0.05) is 13.3 Å². The highest BCUT2D eigenvalue weighted by atomic mass is 32.2. The van der Waals surface area contributed by atoms with E-state index in [1.54, 1.807) is 11.6 Å². The molecule has 2 rings (SSSR count). The first kappa shape index (κ1) is 9.07. The molecule has 7 heteroatoms. The second-order valence-electron chi connectivity index (χ2n) is 2.98. The topological polar surface area (TPSA) is 77.7 Å². The van der Waals surface area contributed by atoms with Crippen molar-refractivity contribution in [1.82, 2.24) is 19.5 Å². The van der Waals surface area contributed by atoms with Crippen LogP contribution in [0.4, 0.5) is 0 Å². The number of fused-ring (bicyclic) bond motifs is 1. The summed E-state index contributed by atoms with van der Waals surface area (Å²) in [5, 5.41) is -0.0249. The number of hydrogen-bond donors (Lipinski definition) is 0. The Balaban J connectivity index is 2.92. The summed E-state index contributed by atoms with van der Waals surface area (Å²) in [4.78, 5) is 11.6. The van der Waals surface area contributed by atoms with Gasteiger partial charge in [-0.2, -0.15) is 0 Å². The van der Waals surface area contributed by atoms with Crippen molar-refractivity contribution in [2.75, 3.05) is 6.26 Å². The van der Waals surface area contributed by atoms with Gasteiger partial charge in [-0.1, -0.05) is 0 Å². The lowest BCUT2D eigenvalue weighted by atomic mass is 10.5. The predicted molar refractivity (Wildman–Crippen MR) is 49.4 cm³/mol. The third-order valence-electron chi connectivity index (χ3n) is 1.81. The van der Waals surface area contributed by atoms with E-state index in [-0.39, 0.29) is 5.03 Å². The summed E-state index contributed by atoms with van der Waals surface area (Å²) in [6, 6.07) is 0. The van der Waals surface area contributed by atoms with Gasteiger partial charge in [0.1, 0.15) is 11.8 Å². The van der Waals surface area contributed by atoms with Crippen LogP contribution in [0.15, 0.2) is 17.7 Å². The van der Waals surface area contributed by atoms with Crippen molar-refractivity contribution >= 4 is 21.0 Å². The van der Waals surface area contributed by atoms with E-state index in [0.29, 0.717) is 11.2 Å². The molecule has 0 bridgehead atoms. The number of aryl methyl sites for hydroxylation is 1. The zero-order chi connectivity index (χ0) is 10.3. The maximum Gasteiger partial charge on any atom is 0.195 e. The molecular formula is C7H8N4O2S. The zero-order valence-electron chi connectivity index (χ0n) is 7.67. The molecule has 0 spiro atoms. The molecule has 0 aromatic carbocycles. The molecule has 0 aliphatic carbocycles. The molecule has 0 aliphatic rings. The normalized spacial score (nSPS) is 12.1. The Morgan fingerprint density at radius 2 is 2.00 bits per heavy atom. The largest absolute Gasteiger partial charge is 0.318 e. The lowest BCUT2D eigenvalue weighted by molar-refractivity contribution is 0.599. The third-order valence-corrected chi connectivity index (χ3v) is 2.82. The molecule has 0 amide bonds. The fourth-order valence-corrected chi connectivity index (χ4v) is 1.93. The second kappa shape index (κ2) is 2.74. The molecule has 2 heterocycles. The molecule has 14 heavy (non-hydrogen) atoms. The SMILES string of the molecule is Cn1cnc2c(S(C)(=O)=O)ncnc21. The predicted octanol–water partition coefficient (Wildman–Crippen LogP) is -0.233. The first-order chi connectivity index (χ1) is 6.50. The van der Waals surface area contributed by atoms with Gasteiger partial charge in [-0.25, -0.2) is 23.4 Å². The highest BCUT2D eigenvalue weighted by molar-refractivity contribution is 7.90. The summed E-state index contributed by atoms with van der Waals surface area (Å²) in [7, 11) is -1.60. The highest BCUT2D eigenvalue weighted by Gasteiger charge is 2.16. The molecule has 0 atom stereocenters. The molecule has 0 saturated heterocycles. The van der Waals surface area contributed by atoms with E-state index in [0.717, 1.165) is 6.26 Å². The summed E-state index contributed by atoms with van der Waals surface area (Å²) in [6.45, 7) is 0. The van der Waals surface area contributed by atoms with E-state index in [1.165, 1.54) is 12.7 Å². The molecular weight excluding hydrogens is 204 g/mol. The summed E-state index contributed by atoms with van der Waals surface area (Å²) >= 11 is 0. The lowest BCUT2D eigenvalue weighted by Gasteiger charge is -1.97. The maximum atomic E-state index is 11.3. The molecule has 0 fully saturated rings. The van der Waals surface area contributed by atoms with Crippen molar-refractivity contribution in [3.63, 3.8) is 0 Å². The van der Waals surface area contributed by atoms with Crippen LogP contribution in [-0.4, -0.2) is 34.2 Å². The molecule has 2 aromatic heterocycles. The van der Waals surface area contributed by atoms with Gasteiger partial charge in [-0.05, 0) is 0 Å². The van der Waals surface area contributed by atoms with E-state index >= 15 is 0 Å². The minimum absolute atomic E-state index is 0.0249. The van der Waals surface area contributed by atoms with E-state index in [4.69, 9.17) is 0 Å². The maximum absolute atomic E-state index is 11.3. The standard InChI is InChI=1S/C7H8N4O2S/c1-11-4-10-5-6(11)8-3-9-7(5)14(2,12)13/h3-4H,1-2H3. The Morgan fingerprint density at radius 1 is 1.29 bits per heavy atom. The van der Waals surface area contributed by atoms with Gasteiger partial charge in [0.2, 0.25) is 0 Å².